The maximum atomic E-state index is 12.0. The number of hydrogen-bond donors (Lipinski definition) is 2. The summed E-state index contributed by atoms with van der Waals surface area (Å²) >= 11 is 3.44. The molecule has 0 saturated carbocycles. The lowest BCUT2D eigenvalue weighted by Gasteiger charge is -2.16. The highest BCUT2D eigenvalue weighted by atomic mass is 79.9. The number of aliphatic carboxylic acids is 1. The van der Waals surface area contributed by atoms with Crippen molar-refractivity contribution in [2.24, 2.45) is 5.92 Å². The Morgan fingerprint density at radius 3 is 2.70 bits per heavy atom. The molecular weight excluding hydrogens is 360 g/mol. The van der Waals surface area contributed by atoms with E-state index in [1.165, 1.54) is 0 Å². The van der Waals surface area contributed by atoms with Gasteiger partial charge in [0, 0.05) is 29.2 Å². The number of halogens is 1. The largest absolute Gasteiger partial charge is 0.480 e. The van der Waals surface area contributed by atoms with Crippen LogP contribution in [0.25, 0.3) is 10.9 Å². The Kier molecular flexibility index (Phi) is 5.82. The number of rotatable bonds is 7. The lowest BCUT2D eigenvalue weighted by molar-refractivity contribution is -0.142. The van der Waals surface area contributed by atoms with Crippen molar-refractivity contribution >= 4 is 38.7 Å². The van der Waals surface area contributed by atoms with Gasteiger partial charge in [-0.05, 0) is 35.9 Å². The van der Waals surface area contributed by atoms with Crippen LogP contribution in [0.2, 0.25) is 0 Å². The van der Waals surface area contributed by atoms with Crippen LogP contribution >= 0.6 is 15.9 Å². The second kappa shape index (κ2) is 7.64. The topological polar surface area (TPSA) is 71.3 Å². The number of aryl methyl sites for hydroxylation is 1. The smallest absolute Gasteiger partial charge is 0.326 e. The molecule has 6 heteroatoms. The Labute approximate surface area is 143 Å². The average Bonchev–Trinajstić information content (AvgIpc) is 2.86. The van der Waals surface area contributed by atoms with E-state index in [4.69, 9.17) is 5.11 Å². The highest BCUT2D eigenvalue weighted by Crippen LogP contribution is 2.21. The summed E-state index contributed by atoms with van der Waals surface area (Å²) in [5.74, 6) is -1.01. The van der Waals surface area contributed by atoms with E-state index in [2.05, 4.69) is 21.2 Å². The van der Waals surface area contributed by atoms with Crippen LogP contribution in [-0.4, -0.2) is 27.6 Å². The fourth-order valence-electron chi connectivity index (χ4n) is 2.53. The molecule has 23 heavy (non-hydrogen) atoms. The Morgan fingerprint density at radius 1 is 1.30 bits per heavy atom. The summed E-state index contributed by atoms with van der Waals surface area (Å²) in [5, 5.41) is 12.9. The van der Waals surface area contributed by atoms with Crippen molar-refractivity contribution in [3.8, 4) is 0 Å². The van der Waals surface area contributed by atoms with Crippen molar-refractivity contribution in [1.82, 2.24) is 9.88 Å². The molecule has 1 heterocycles. The van der Waals surface area contributed by atoms with Crippen molar-refractivity contribution in [1.29, 1.82) is 0 Å². The van der Waals surface area contributed by atoms with Gasteiger partial charge in [-0.15, -0.1) is 0 Å². The van der Waals surface area contributed by atoms with Crippen LogP contribution in [0.1, 0.15) is 26.7 Å². The second-order valence-electron chi connectivity index (χ2n) is 6.05. The lowest BCUT2D eigenvalue weighted by Crippen LogP contribution is -2.41. The summed E-state index contributed by atoms with van der Waals surface area (Å²) in [7, 11) is 0. The molecule has 0 aliphatic carbocycles. The minimum Gasteiger partial charge on any atom is -0.480 e. The van der Waals surface area contributed by atoms with Crippen LogP contribution in [0.15, 0.2) is 34.9 Å². The Morgan fingerprint density at radius 2 is 2.04 bits per heavy atom. The van der Waals surface area contributed by atoms with E-state index < -0.39 is 12.0 Å². The molecule has 1 aromatic carbocycles. The normalized spacial score (nSPS) is 12.5. The molecule has 0 unspecified atom stereocenters. The minimum absolute atomic E-state index is 0.210. The highest BCUT2D eigenvalue weighted by Gasteiger charge is 2.20. The van der Waals surface area contributed by atoms with Gasteiger partial charge in [-0.2, -0.15) is 0 Å². The molecule has 124 valence electrons. The van der Waals surface area contributed by atoms with Crippen LogP contribution < -0.4 is 5.32 Å². The number of hydrogen-bond acceptors (Lipinski definition) is 2. The van der Waals surface area contributed by atoms with Gasteiger partial charge < -0.3 is 15.0 Å². The molecule has 0 aliphatic heterocycles. The molecule has 0 spiro atoms. The minimum atomic E-state index is -0.984. The molecule has 0 fully saturated rings. The maximum absolute atomic E-state index is 12.0. The van der Waals surface area contributed by atoms with Gasteiger partial charge in [-0.25, -0.2) is 4.79 Å². The molecule has 5 nitrogen and oxygen atoms in total. The molecular formula is C17H21BrN2O3. The lowest BCUT2D eigenvalue weighted by atomic mass is 10.0. The first-order valence-electron chi connectivity index (χ1n) is 7.63. The number of fused-ring (bicyclic) bond motifs is 1. The van der Waals surface area contributed by atoms with Gasteiger partial charge in [-0.3, -0.25) is 4.79 Å². The number of carboxylic acids is 1. The van der Waals surface area contributed by atoms with E-state index in [9.17, 15) is 9.59 Å². The monoisotopic (exact) mass is 380 g/mol. The third-order valence-corrected chi connectivity index (χ3v) is 4.15. The number of benzene rings is 1. The Balaban J connectivity index is 1.97. The quantitative estimate of drug-likeness (QED) is 0.772. The van der Waals surface area contributed by atoms with Gasteiger partial charge in [-0.1, -0.05) is 35.8 Å². The first-order valence-corrected chi connectivity index (χ1v) is 8.42. The van der Waals surface area contributed by atoms with E-state index in [1.54, 1.807) is 0 Å². The number of aromatic nitrogens is 1. The summed E-state index contributed by atoms with van der Waals surface area (Å²) < 4.78 is 2.98. The first kappa shape index (κ1) is 17.5. The van der Waals surface area contributed by atoms with E-state index in [1.807, 2.05) is 48.9 Å². The molecule has 1 amide bonds. The molecule has 2 rings (SSSR count). The molecule has 0 saturated heterocycles. The number of carbonyl (C=O) groups excluding carboxylic acids is 1. The van der Waals surface area contributed by atoms with Crippen LogP contribution in [-0.2, 0) is 16.1 Å². The zero-order valence-electron chi connectivity index (χ0n) is 13.3. The Hall–Kier alpha value is -1.82. The predicted octanol–water partition coefficient (Wildman–Crippen LogP) is 3.41. The molecule has 2 aromatic rings. The first-order chi connectivity index (χ1) is 10.9. The number of carboxylic acid groups (broad SMARTS) is 1. The zero-order chi connectivity index (χ0) is 17.0. The van der Waals surface area contributed by atoms with Crippen LogP contribution in [0.5, 0.6) is 0 Å². The molecule has 1 atom stereocenters. The van der Waals surface area contributed by atoms with E-state index >= 15 is 0 Å². The third kappa shape index (κ3) is 4.82. The highest BCUT2D eigenvalue weighted by molar-refractivity contribution is 9.10. The van der Waals surface area contributed by atoms with Crippen LogP contribution in [0, 0.1) is 5.92 Å². The summed E-state index contributed by atoms with van der Waals surface area (Å²) in [6.45, 7) is 4.39. The van der Waals surface area contributed by atoms with Gasteiger partial charge in [0.1, 0.15) is 6.04 Å². The molecule has 0 aliphatic rings. The van der Waals surface area contributed by atoms with Gasteiger partial charge in [0.2, 0.25) is 5.91 Å². The average molecular weight is 381 g/mol. The Bertz CT molecular complexity index is 709. The van der Waals surface area contributed by atoms with Crippen LogP contribution in [0.3, 0.4) is 0 Å². The van der Waals surface area contributed by atoms with Crippen LogP contribution in [0.4, 0.5) is 0 Å². The van der Waals surface area contributed by atoms with Gasteiger partial charge in [0.05, 0.1) is 0 Å². The molecule has 0 radical (unpaired) electrons. The number of nitrogens with zero attached hydrogens (tertiary/aromatic N) is 1. The standard InChI is InChI=1S/C17H21BrN2O3/c1-11(2)9-14(17(22)23)19-16(21)6-8-20-7-5-12-3-4-13(18)10-15(12)20/h3-5,7,10-11,14H,6,8-9H2,1-2H3,(H,19,21)(H,22,23)/t14-/m1/s1. The summed E-state index contributed by atoms with van der Waals surface area (Å²) in [4.78, 5) is 23.2. The van der Waals surface area contributed by atoms with E-state index in [0.717, 1.165) is 15.4 Å². The van der Waals surface area contributed by atoms with E-state index in [0.29, 0.717) is 13.0 Å². The summed E-state index contributed by atoms with van der Waals surface area (Å²) in [6.07, 6.45) is 2.62. The van der Waals surface area contributed by atoms with Crippen molar-refractivity contribution in [2.75, 3.05) is 0 Å². The number of nitrogens with one attached hydrogen (secondary N) is 1. The second-order valence-corrected chi connectivity index (χ2v) is 6.97. The predicted molar refractivity (Wildman–Crippen MR) is 93.3 cm³/mol. The zero-order valence-corrected chi connectivity index (χ0v) is 14.8. The van der Waals surface area contributed by atoms with Crippen molar-refractivity contribution in [3.63, 3.8) is 0 Å². The molecule has 1 aromatic heterocycles. The van der Waals surface area contributed by atoms with Gasteiger partial charge in [0.25, 0.3) is 0 Å². The fourth-order valence-corrected chi connectivity index (χ4v) is 2.88. The van der Waals surface area contributed by atoms with Gasteiger partial charge in [0.15, 0.2) is 0 Å². The third-order valence-electron chi connectivity index (χ3n) is 3.66. The number of amides is 1. The SMILES string of the molecule is CC(C)C[C@@H](NC(=O)CCn1ccc2ccc(Br)cc21)C(=O)O. The fraction of sp³-hybridized carbons (Fsp3) is 0.412. The maximum Gasteiger partial charge on any atom is 0.326 e. The number of carbonyl (C=O) groups is 2. The van der Waals surface area contributed by atoms with E-state index in [-0.39, 0.29) is 18.2 Å². The van der Waals surface area contributed by atoms with Crippen molar-refractivity contribution in [3.05, 3.63) is 34.9 Å². The summed E-state index contributed by atoms with van der Waals surface area (Å²) in [6, 6.07) is 7.17. The van der Waals surface area contributed by atoms with Crippen molar-refractivity contribution in [2.45, 2.75) is 39.3 Å². The van der Waals surface area contributed by atoms with Crippen molar-refractivity contribution < 1.29 is 14.7 Å². The molecule has 0 bridgehead atoms. The molecule has 2 N–H and O–H groups in total. The summed E-state index contributed by atoms with van der Waals surface area (Å²) in [5.41, 5.74) is 1.05. The van der Waals surface area contributed by atoms with Gasteiger partial charge >= 0.3 is 5.97 Å².